The Morgan fingerprint density at radius 1 is 1.17 bits per heavy atom. The molecule has 0 aromatic heterocycles. The Bertz CT molecular complexity index is 724. The highest BCUT2D eigenvalue weighted by Crippen LogP contribution is 2.35. The SMILES string of the molecule is CCC(NC)C(=O)N[C@H]1CCC[C@H]2CCC(OC3Cc4ccccc4C3)N2C1=O. The van der Waals surface area contributed by atoms with Crippen LogP contribution in [0.2, 0.25) is 0 Å². The van der Waals surface area contributed by atoms with E-state index in [4.69, 9.17) is 4.74 Å². The summed E-state index contributed by atoms with van der Waals surface area (Å²) in [6.45, 7) is 1.97. The summed E-state index contributed by atoms with van der Waals surface area (Å²) < 4.78 is 6.47. The summed E-state index contributed by atoms with van der Waals surface area (Å²) in [7, 11) is 1.78. The van der Waals surface area contributed by atoms with Crippen molar-refractivity contribution in [1.29, 1.82) is 0 Å². The van der Waals surface area contributed by atoms with Crippen LogP contribution in [-0.4, -0.2) is 54.2 Å². The summed E-state index contributed by atoms with van der Waals surface area (Å²) in [5.74, 6) is -0.0560. The van der Waals surface area contributed by atoms with Gasteiger partial charge in [0, 0.05) is 6.04 Å². The molecule has 3 aliphatic rings. The molecule has 29 heavy (non-hydrogen) atoms. The topological polar surface area (TPSA) is 70.7 Å². The zero-order chi connectivity index (χ0) is 20.4. The van der Waals surface area contributed by atoms with Crippen molar-refractivity contribution >= 4 is 11.8 Å². The summed E-state index contributed by atoms with van der Waals surface area (Å²) in [5, 5.41) is 6.03. The van der Waals surface area contributed by atoms with Crippen LogP contribution in [0.15, 0.2) is 24.3 Å². The number of likely N-dealkylation sites (N-methyl/N-ethyl adjacent to an activating group) is 1. The number of benzene rings is 1. The Hall–Kier alpha value is -1.92. The molecule has 6 heteroatoms. The average Bonchev–Trinajstić information content (AvgIpc) is 3.27. The van der Waals surface area contributed by atoms with E-state index < -0.39 is 6.04 Å². The number of nitrogens with one attached hydrogen (secondary N) is 2. The Labute approximate surface area is 173 Å². The molecule has 2 amide bonds. The van der Waals surface area contributed by atoms with Crippen LogP contribution in [0.25, 0.3) is 0 Å². The minimum atomic E-state index is -0.445. The molecule has 2 saturated heterocycles. The Morgan fingerprint density at radius 2 is 1.90 bits per heavy atom. The highest BCUT2D eigenvalue weighted by atomic mass is 16.5. The minimum Gasteiger partial charge on any atom is -0.354 e. The molecule has 1 aromatic rings. The molecular weight excluding hydrogens is 366 g/mol. The highest BCUT2D eigenvalue weighted by molar-refractivity contribution is 5.90. The molecule has 4 rings (SSSR count). The number of hydrogen-bond donors (Lipinski definition) is 2. The zero-order valence-electron chi connectivity index (χ0n) is 17.5. The first-order chi connectivity index (χ1) is 14.1. The molecule has 0 bridgehead atoms. The van der Waals surface area contributed by atoms with Crippen molar-refractivity contribution in [1.82, 2.24) is 15.5 Å². The van der Waals surface area contributed by atoms with Crippen LogP contribution >= 0.6 is 0 Å². The molecule has 0 spiro atoms. The third-order valence-electron chi connectivity index (χ3n) is 6.79. The fourth-order valence-electron chi connectivity index (χ4n) is 5.21. The van der Waals surface area contributed by atoms with E-state index in [1.807, 2.05) is 11.8 Å². The smallest absolute Gasteiger partial charge is 0.247 e. The quantitative estimate of drug-likeness (QED) is 0.769. The third kappa shape index (κ3) is 4.19. The largest absolute Gasteiger partial charge is 0.354 e. The van der Waals surface area contributed by atoms with Crippen LogP contribution in [0.4, 0.5) is 0 Å². The van der Waals surface area contributed by atoms with Gasteiger partial charge in [0.05, 0.1) is 12.1 Å². The third-order valence-corrected chi connectivity index (χ3v) is 6.79. The molecule has 0 radical (unpaired) electrons. The fraction of sp³-hybridized carbons (Fsp3) is 0.652. The lowest BCUT2D eigenvalue weighted by molar-refractivity contribution is -0.152. The predicted octanol–water partition coefficient (Wildman–Crippen LogP) is 2.15. The minimum absolute atomic E-state index is 0.0322. The number of rotatable bonds is 6. The number of hydrogen-bond acceptors (Lipinski definition) is 4. The first-order valence-electron chi connectivity index (χ1n) is 11.1. The molecule has 1 aromatic carbocycles. The van der Waals surface area contributed by atoms with Gasteiger partial charge >= 0.3 is 0 Å². The van der Waals surface area contributed by atoms with Crippen molar-refractivity contribution in [3.05, 3.63) is 35.4 Å². The van der Waals surface area contributed by atoms with Crippen molar-refractivity contribution in [2.24, 2.45) is 0 Å². The zero-order valence-corrected chi connectivity index (χ0v) is 17.5. The molecule has 6 nitrogen and oxygen atoms in total. The lowest BCUT2D eigenvalue weighted by Crippen LogP contribution is -2.54. The number of nitrogens with zero attached hydrogens (tertiary/aromatic N) is 1. The predicted molar refractivity (Wildman–Crippen MR) is 111 cm³/mol. The maximum Gasteiger partial charge on any atom is 0.247 e. The Kier molecular flexibility index (Phi) is 6.20. The second-order valence-corrected chi connectivity index (χ2v) is 8.61. The lowest BCUT2D eigenvalue weighted by Gasteiger charge is -2.33. The molecule has 2 N–H and O–H groups in total. The molecule has 2 fully saturated rings. The maximum absolute atomic E-state index is 13.4. The second-order valence-electron chi connectivity index (χ2n) is 8.61. The van der Waals surface area contributed by atoms with Gasteiger partial charge in [0.15, 0.2) is 0 Å². The monoisotopic (exact) mass is 399 g/mol. The fourth-order valence-corrected chi connectivity index (χ4v) is 5.21. The molecule has 2 aliphatic heterocycles. The van der Waals surface area contributed by atoms with E-state index in [1.165, 1.54) is 11.1 Å². The van der Waals surface area contributed by atoms with Crippen LogP contribution in [-0.2, 0) is 27.2 Å². The van der Waals surface area contributed by atoms with Gasteiger partial charge in [-0.15, -0.1) is 0 Å². The van der Waals surface area contributed by atoms with E-state index in [0.717, 1.165) is 38.5 Å². The van der Waals surface area contributed by atoms with Crippen molar-refractivity contribution in [3.63, 3.8) is 0 Å². The number of amides is 2. The average molecular weight is 400 g/mol. The van der Waals surface area contributed by atoms with Crippen LogP contribution in [0, 0.1) is 0 Å². The maximum atomic E-state index is 13.4. The normalized spacial score (nSPS) is 28.0. The van der Waals surface area contributed by atoms with E-state index in [2.05, 4.69) is 34.9 Å². The molecular formula is C23H33N3O3. The number of fused-ring (bicyclic) bond motifs is 2. The summed E-state index contributed by atoms with van der Waals surface area (Å²) in [4.78, 5) is 27.9. The molecule has 1 aliphatic carbocycles. The molecule has 2 unspecified atom stereocenters. The van der Waals surface area contributed by atoms with Gasteiger partial charge in [-0.1, -0.05) is 31.2 Å². The van der Waals surface area contributed by atoms with Crippen molar-refractivity contribution in [2.75, 3.05) is 7.05 Å². The van der Waals surface area contributed by atoms with E-state index in [-0.39, 0.29) is 36.2 Å². The number of ether oxygens (including phenoxy) is 1. The van der Waals surface area contributed by atoms with Crippen LogP contribution in [0.1, 0.15) is 56.6 Å². The van der Waals surface area contributed by atoms with Gasteiger partial charge in [0.2, 0.25) is 11.8 Å². The van der Waals surface area contributed by atoms with E-state index in [9.17, 15) is 9.59 Å². The summed E-state index contributed by atoms with van der Waals surface area (Å²) >= 11 is 0. The molecule has 2 heterocycles. The van der Waals surface area contributed by atoms with Crippen molar-refractivity contribution in [2.45, 2.75) is 88.7 Å². The van der Waals surface area contributed by atoms with Gasteiger partial charge in [-0.25, -0.2) is 0 Å². The molecule has 4 atom stereocenters. The van der Waals surface area contributed by atoms with E-state index in [0.29, 0.717) is 12.8 Å². The second kappa shape index (κ2) is 8.84. The Balaban J connectivity index is 1.42. The van der Waals surface area contributed by atoms with Gasteiger partial charge in [0.1, 0.15) is 12.3 Å². The van der Waals surface area contributed by atoms with Crippen molar-refractivity contribution in [3.8, 4) is 0 Å². The molecule has 0 saturated carbocycles. The first-order valence-corrected chi connectivity index (χ1v) is 11.1. The summed E-state index contributed by atoms with van der Waals surface area (Å²) in [6.07, 6.45) is 7.03. The van der Waals surface area contributed by atoms with Gasteiger partial charge in [0.25, 0.3) is 0 Å². The number of carbonyl (C=O) groups excluding carboxylic acids is 2. The van der Waals surface area contributed by atoms with Crippen LogP contribution in [0.3, 0.4) is 0 Å². The number of carbonyl (C=O) groups is 2. The standard InChI is InChI=1S/C23H33N3O3/c1-3-19(24-2)22(27)25-20-10-6-9-17-11-12-21(26(17)23(20)28)29-18-13-15-7-4-5-8-16(15)14-18/h4-5,7-8,17-21,24H,3,6,9-14H2,1-2H3,(H,25,27)/t17-,19?,20-,21?/m0/s1. The van der Waals surface area contributed by atoms with E-state index >= 15 is 0 Å². The highest BCUT2D eigenvalue weighted by Gasteiger charge is 2.43. The van der Waals surface area contributed by atoms with Crippen molar-refractivity contribution < 1.29 is 14.3 Å². The Morgan fingerprint density at radius 3 is 2.55 bits per heavy atom. The lowest BCUT2D eigenvalue weighted by atomic mass is 10.1. The van der Waals surface area contributed by atoms with Crippen LogP contribution in [0.5, 0.6) is 0 Å². The summed E-state index contributed by atoms with van der Waals surface area (Å²) in [5.41, 5.74) is 2.72. The van der Waals surface area contributed by atoms with Gasteiger partial charge in [-0.2, -0.15) is 0 Å². The van der Waals surface area contributed by atoms with Crippen LogP contribution < -0.4 is 10.6 Å². The van der Waals surface area contributed by atoms with Gasteiger partial charge in [-0.3, -0.25) is 9.59 Å². The summed E-state index contributed by atoms with van der Waals surface area (Å²) in [6, 6.07) is 8.03. The van der Waals surface area contributed by atoms with E-state index in [1.54, 1.807) is 7.05 Å². The van der Waals surface area contributed by atoms with Gasteiger partial charge in [-0.05, 0) is 69.5 Å². The molecule has 158 valence electrons. The van der Waals surface area contributed by atoms with Gasteiger partial charge < -0.3 is 20.3 Å². The first kappa shape index (κ1) is 20.4.